The molecule has 1 saturated heterocycles. The molecule has 1 saturated carbocycles. The van der Waals surface area contributed by atoms with Gasteiger partial charge in [0.25, 0.3) is 0 Å². The average Bonchev–Trinajstić information content (AvgIpc) is 3.00. The van der Waals surface area contributed by atoms with Gasteiger partial charge in [-0.05, 0) is 26.0 Å². The first kappa shape index (κ1) is 13.1. The molecule has 0 aromatic carbocycles. The SMILES string of the molecule is CN(Cc1ccn(C)n1)C1CCC2(CC1)OCCO2. The molecule has 1 aromatic heterocycles. The van der Waals surface area contributed by atoms with Gasteiger partial charge in [-0.3, -0.25) is 9.58 Å². The highest BCUT2D eigenvalue weighted by molar-refractivity contribution is 4.99. The van der Waals surface area contributed by atoms with Crippen LogP contribution < -0.4 is 0 Å². The summed E-state index contributed by atoms with van der Waals surface area (Å²) in [6, 6.07) is 2.70. The van der Waals surface area contributed by atoms with E-state index in [4.69, 9.17) is 9.47 Å². The van der Waals surface area contributed by atoms with Gasteiger partial charge in [0.2, 0.25) is 0 Å². The molecule has 1 aliphatic carbocycles. The molecule has 19 heavy (non-hydrogen) atoms. The zero-order valence-electron chi connectivity index (χ0n) is 11.8. The molecule has 0 N–H and O–H groups in total. The normalized spacial score (nSPS) is 23.5. The Hall–Kier alpha value is -0.910. The van der Waals surface area contributed by atoms with Crippen LogP contribution in [-0.4, -0.2) is 46.8 Å². The second-order valence-corrected chi connectivity index (χ2v) is 5.73. The Morgan fingerprint density at radius 3 is 2.63 bits per heavy atom. The molecular weight excluding hydrogens is 242 g/mol. The van der Waals surface area contributed by atoms with Gasteiger partial charge >= 0.3 is 0 Å². The maximum Gasteiger partial charge on any atom is 0.168 e. The molecule has 0 bridgehead atoms. The minimum Gasteiger partial charge on any atom is -0.348 e. The van der Waals surface area contributed by atoms with Gasteiger partial charge in [-0.2, -0.15) is 5.10 Å². The molecule has 1 spiro atoms. The summed E-state index contributed by atoms with van der Waals surface area (Å²) in [6.07, 6.45) is 6.32. The van der Waals surface area contributed by atoms with Crippen molar-refractivity contribution in [3.05, 3.63) is 18.0 Å². The fourth-order valence-corrected chi connectivity index (χ4v) is 3.20. The van der Waals surface area contributed by atoms with Gasteiger partial charge in [-0.15, -0.1) is 0 Å². The third-order valence-corrected chi connectivity index (χ3v) is 4.33. The number of aromatic nitrogens is 2. The van der Waals surface area contributed by atoms with Crippen LogP contribution in [0.5, 0.6) is 0 Å². The predicted octanol–water partition coefficient (Wildman–Crippen LogP) is 1.54. The van der Waals surface area contributed by atoms with Crippen LogP contribution >= 0.6 is 0 Å². The molecule has 106 valence electrons. The quantitative estimate of drug-likeness (QED) is 0.831. The molecule has 0 atom stereocenters. The summed E-state index contributed by atoms with van der Waals surface area (Å²) in [5, 5.41) is 4.44. The number of ether oxygens (including phenoxy) is 2. The van der Waals surface area contributed by atoms with Crippen molar-refractivity contribution in [2.24, 2.45) is 7.05 Å². The van der Waals surface area contributed by atoms with E-state index in [1.807, 2.05) is 17.9 Å². The van der Waals surface area contributed by atoms with Crippen LogP contribution in [0.25, 0.3) is 0 Å². The smallest absolute Gasteiger partial charge is 0.168 e. The molecule has 1 aliphatic heterocycles. The summed E-state index contributed by atoms with van der Waals surface area (Å²) in [4.78, 5) is 2.41. The molecule has 0 unspecified atom stereocenters. The summed E-state index contributed by atoms with van der Waals surface area (Å²) >= 11 is 0. The van der Waals surface area contributed by atoms with E-state index in [1.165, 1.54) is 0 Å². The first-order valence-electron chi connectivity index (χ1n) is 7.14. The van der Waals surface area contributed by atoms with Crippen molar-refractivity contribution in [2.75, 3.05) is 20.3 Å². The van der Waals surface area contributed by atoms with Crippen LogP contribution in [-0.2, 0) is 23.1 Å². The molecule has 1 aromatic rings. The predicted molar refractivity (Wildman–Crippen MR) is 71.6 cm³/mol. The Kier molecular flexibility index (Phi) is 3.60. The second-order valence-electron chi connectivity index (χ2n) is 5.73. The van der Waals surface area contributed by atoms with E-state index in [2.05, 4.69) is 23.1 Å². The largest absolute Gasteiger partial charge is 0.348 e. The van der Waals surface area contributed by atoms with Crippen LogP contribution in [0.2, 0.25) is 0 Å². The number of aryl methyl sites for hydroxylation is 1. The fraction of sp³-hybridized carbons (Fsp3) is 0.786. The van der Waals surface area contributed by atoms with Crippen LogP contribution in [0, 0.1) is 0 Å². The minimum atomic E-state index is -0.248. The molecule has 2 heterocycles. The summed E-state index contributed by atoms with van der Waals surface area (Å²) in [6.45, 7) is 2.43. The van der Waals surface area contributed by atoms with Gasteiger partial charge in [0.1, 0.15) is 0 Å². The van der Waals surface area contributed by atoms with Gasteiger partial charge < -0.3 is 9.47 Å². The van der Waals surface area contributed by atoms with Crippen LogP contribution in [0.1, 0.15) is 31.4 Å². The number of nitrogens with zero attached hydrogens (tertiary/aromatic N) is 3. The molecular formula is C14H23N3O2. The van der Waals surface area contributed by atoms with E-state index in [1.54, 1.807) is 0 Å². The number of hydrogen-bond acceptors (Lipinski definition) is 4. The van der Waals surface area contributed by atoms with E-state index >= 15 is 0 Å². The molecule has 3 rings (SSSR count). The van der Waals surface area contributed by atoms with Crippen molar-refractivity contribution in [3.8, 4) is 0 Å². The Balaban J connectivity index is 1.53. The summed E-state index contributed by atoms with van der Waals surface area (Å²) < 4.78 is 13.4. The monoisotopic (exact) mass is 265 g/mol. The van der Waals surface area contributed by atoms with E-state index in [0.717, 1.165) is 51.1 Å². The van der Waals surface area contributed by atoms with E-state index in [0.29, 0.717) is 6.04 Å². The Morgan fingerprint density at radius 2 is 2.05 bits per heavy atom. The van der Waals surface area contributed by atoms with Gasteiger partial charge in [0.15, 0.2) is 5.79 Å². The average molecular weight is 265 g/mol. The molecule has 5 nitrogen and oxygen atoms in total. The zero-order chi connectivity index (χ0) is 13.3. The lowest BCUT2D eigenvalue weighted by Crippen LogP contribution is -2.42. The van der Waals surface area contributed by atoms with Crippen LogP contribution in [0.15, 0.2) is 12.3 Å². The molecule has 2 aliphatic rings. The Labute approximate surface area is 114 Å². The maximum absolute atomic E-state index is 5.77. The summed E-state index contributed by atoms with van der Waals surface area (Å²) in [5.41, 5.74) is 1.14. The molecule has 2 fully saturated rings. The lowest BCUT2D eigenvalue weighted by molar-refractivity contribution is -0.183. The zero-order valence-corrected chi connectivity index (χ0v) is 11.8. The molecule has 0 amide bonds. The van der Waals surface area contributed by atoms with E-state index in [9.17, 15) is 0 Å². The van der Waals surface area contributed by atoms with Crippen molar-refractivity contribution in [1.82, 2.24) is 14.7 Å². The van der Waals surface area contributed by atoms with Crippen molar-refractivity contribution < 1.29 is 9.47 Å². The van der Waals surface area contributed by atoms with Crippen molar-refractivity contribution in [2.45, 2.75) is 44.1 Å². The third-order valence-electron chi connectivity index (χ3n) is 4.33. The summed E-state index contributed by atoms with van der Waals surface area (Å²) in [5.74, 6) is -0.248. The van der Waals surface area contributed by atoms with Gasteiger partial charge in [0, 0.05) is 38.7 Å². The van der Waals surface area contributed by atoms with Crippen molar-refractivity contribution >= 4 is 0 Å². The second kappa shape index (κ2) is 5.23. The van der Waals surface area contributed by atoms with Crippen LogP contribution in [0.4, 0.5) is 0 Å². The standard InChI is InChI=1S/C14H23N3O2/c1-16(11-12-5-8-17(2)15-12)13-3-6-14(7-4-13)18-9-10-19-14/h5,8,13H,3-4,6-7,9-11H2,1-2H3. The first-order valence-corrected chi connectivity index (χ1v) is 7.14. The van der Waals surface area contributed by atoms with Crippen molar-refractivity contribution in [3.63, 3.8) is 0 Å². The topological polar surface area (TPSA) is 39.5 Å². The van der Waals surface area contributed by atoms with E-state index < -0.39 is 0 Å². The molecule has 5 heteroatoms. The first-order chi connectivity index (χ1) is 9.17. The summed E-state index contributed by atoms with van der Waals surface area (Å²) in [7, 11) is 4.15. The Morgan fingerprint density at radius 1 is 1.37 bits per heavy atom. The van der Waals surface area contributed by atoms with Gasteiger partial charge in [0.05, 0.1) is 18.9 Å². The van der Waals surface area contributed by atoms with Gasteiger partial charge in [-0.25, -0.2) is 0 Å². The third kappa shape index (κ3) is 2.83. The maximum atomic E-state index is 5.77. The lowest BCUT2D eigenvalue weighted by Gasteiger charge is -2.38. The molecule has 0 radical (unpaired) electrons. The highest BCUT2D eigenvalue weighted by atomic mass is 16.7. The number of rotatable bonds is 3. The highest BCUT2D eigenvalue weighted by Gasteiger charge is 2.41. The fourth-order valence-electron chi connectivity index (χ4n) is 3.20. The van der Waals surface area contributed by atoms with Gasteiger partial charge in [-0.1, -0.05) is 0 Å². The van der Waals surface area contributed by atoms with Crippen molar-refractivity contribution in [1.29, 1.82) is 0 Å². The lowest BCUT2D eigenvalue weighted by atomic mass is 9.89. The minimum absolute atomic E-state index is 0.248. The van der Waals surface area contributed by atoms with Crippen LogP contribution in [0.3, 0.4) is 0 Å². The number of hydrogen-bond donors (Lipinski definition) is 0. The Bertz CT molecular complexity index is 416. The van der Waals surface area contributed by atoms with E-state index in [-0.39, 0.29) is 5.79 Å². The highest BCUT2D eigenvalue weighted by Crippen LogP contribution is 2.37.